The van der Waals surface area contributed by atoms with Gasteiger partial charge in [0, 0.05) is 0 Å². The normalized spacial score (nSPS) is 33.4. The minimum absolute atomic E-state index is 0.0662. The van der Waals surface area contributed by atoms with Crippen LogP contribution in [0.25, 0.3) is 0 Å². The second kappa shape index (κ2) is 5.81. The van der Waals surface area contributed by atoms with E-state index in [1.807, 2.05) is 0 Å². The lowest BCUT2D eigenvalue weighted by molar-refractivity contribution is 0.0729. The third kappa shape index (κ3) is 2.73. The molecule has 100 valence electrons. The van der Waals surface area contributed by atoms with Crippen LogP contribution in [-0.2, 0) is 0 Å². The summed E-state index contributed by atoms with van der Waals surface area (Å²) < 4.78 is 13.5. The number of aliphatic hydroxyl groups excluding tert-OH is 1. The van der Waals surface area contributed by atoms with E-state index in [4.69, 9.17) is 0 Å². The molecule has 0 radical (unpaired) electrons. The molecule has 1 heterocycles. The highest BCUT2D eigenvalue weighted by Crippen LogP contribution is 2.35. The molecule has 1 aliphatic carbocycles. The van der Waals surface area contributed by atoms with E-state index in [1.165, 1.54) is 18.6 Å². The molecule has 0 amide bonds. The van der Waals surface area contributed by atoms with Gasteiger partial charge in [0.1, 0.15) is 5.83 Å². The van der Waals surface area contributed by atoms with Crippen LogP contribution in [-0.4, -0.2) is 35.2 Å². The zero-order chi connectivity index (χ0) is 13.1. The highest BCUT2D eigenvalue weighted by atomic mass is 19.1. The number of piperidine rings is 1. The van der Waals surface area contributed by atoms with Crippen molar-refractivity contribution in [2.24, 2.45) is 0 Å². The van der Waals surface area contributed by atoms with E-state index in [0.717, 1.165) is 37.1 Å². The first kappa shape index (κ1) is 13.5. The van der Waals surface area contributed by atoms with Crippen molar-refractivity contribution in [3.8, 4) is 0 Å². The molecule has 2 rings (SSSR count). The minimum Gasteiger partial charge on any atom is -0.391 e. The zero-order valence-electron chi connectivity index (χ0n) is 11.0. The summed E-state index contributed by atoms with van der Waals surface area (Å²) in [5, 5.41) is 10.2. The first-order valence-corrected chi connectivity index (χ1v) is 6.77. The summed E-state index contributed by atoms with van der Waals surface area (Å²) in [6.07, 6.45) is 6.68. The predicted octanol–water partition coefficient (Wildman–Crippen LogP) is 2.96. The summed E-state index contributed by atoms with van der Waals surface area (Å²) in [7, 11) is 0. The highest BCUT2D eigenvalue weighted by Gasteiger charge is 2.37. The van der Waals surface area contributed by atoms with Gasteiger partial charge in [-0.1, -0.05) is 19.1 Å². The molecule has 0 aromatic rings. The van der Waals surface area contributed by atoms with Crippen molar-refractivity contribution in [1.82, 2.24) is 4.90 Å². The maximum absolute atomic E-state index is 13.5. The fraction of sp³-hybridized carbons (Fsp3) is 0.600. The molecule has 2 aliphatic rings. The minimum atomic E-state index is -0.438. The fourth-order valence-corrected chi connectivity index (χ4v) is 2.95. The first-order chi connectivity index (χ1) is 8.63. The Kier molecular flexibility index (Phi) is 4.36. The number of hydrogen-bond acceptors (Lipinski definition) is 2. The van der Waals surface area contributed by atoms with Gasteiger partial charge in [-0.2, -0.15) is 0 Å². The zero-order valence-corrected chi connectivity index (χ0v) is 11.0. The van der Waals surface area contributed by atoms with Crippen LogP contribution in [0.2, 0.25) is 0 Å². The Bertz CT molecular complexity index is 380. The summed E-state index contributed by atoms with van der Waals surface area (Å²) >= 11 is 0. The molecule has 0 unspecified atom stereocenters. The van der Waals surface area contributed by atoms with Gasteiger partial charge in [-0.05, 0) is 56.5 Å². The van der Waals surface area contributed by atoms with Crippen molar-refractivity contribution in [3.05, 3.63) is 35.7 Å². The molecule has 0 spiro atoms. The number of aliphatic hydroxyl groups is 1. The van der Waals surface area contributed by atoms with Gasteiger partial charge in [-0.25, -0.2) is 4.39 Å². The summed E-state index contributed by atoms with van der Waals surface area (Å²) in [5.41, 5.74) is 1.75. The topological polar surface area (TPSA) is 23.5 Å². The molecule has 2 atom stereocenters. The van der Waals surface area contributed by atoms with Gasteiger partial charge < -0.3 is 5.11 Å². The Hall–Kier alpha value is -0.930. The lowest BCUT2D eigenvalue weighted by atomic mass is 10.0. The maximum atomic E-state index is 13.5. The van der Waals surface area contributed by atoms with Crippen LogP contribution in [0.3, 0.4) is 0 Å². The van der Waals surface area contributed by atoms with Gasteiger partial charge in [0.05, 0.1) is 12.1 Å². The Balaban J connectivity index is 2.23. The lowest BCUT2D eigenvalue weighted by Gasteiger charge is -2.34. The first-order valence-electron chi connectivity index (χ1n) is 6.77. The summed E-state index contributed by atoms with van der Waals surface area (Å²) in [5.74, 6) is -0.248. The molecule has 2 fully saturated rings. The average molecular weight is 251 g/mol. The van der Waals surface area contributed by atoms with E-state index in [0.29, 0.717) is 6.42 Å². The van der Waals surface area contributed by atoms with Crippen LogP contribution in [0.5, 0.6) is 0 Å². The van der Waals surface area contributed by atoms with Gasteiger partial charge in [0.2, 0.25) is 0 Å². The van der Waals surface area contributed by atoms with E-state index in [1.54, 1.807) is 6.92 Å². The van der Waals surface area contributed by atoms with Crippen LogP contribution in [0, 0.1) is 0 Å². The molecule has 1 saturated carbocycles. The van der Waals surface area contributed by atoms with Crippen LogP contribution < -0.4 is 0 Å². The molecule has 1 aliphatic heterocycles. The van der Waals surface area contributed by atoms with Crippen molar-refractivity contribution >= 4 is 0 Å². The van der Waals surface area contributed by atoms with Crippen molar-refractivity contribution < 1.29 is 9.50 Å². The van der Waals surface area contributed by atoms with Crippen molar-refractivity contribution in [2.75, 3.05) is 13.1 Å². The number of allylic oxidation sites excluding steroid dienone is 3. The average Bonchev–Trinajstić information content (AvgIpc) is 2.65. The van der Waals surface area contributed by atoms with Crippen LogP contribution in [0.15, 0.2) is 35.7 Å². The molecule has 2 nitrogen and oxygen atoms in total. The molecule has 3 heteroatoms. The van der Waals surface area contributed by atoms with Gasteiger partial charge >= 0.3 is 0 Å². The highest BCUT2D eigenvalue weighted by molar-refractivity contribution is 5.43. The van der Waals surface area contributed by atoms with E-state index >= 15 is 0 Å². The second-order valence-electron chi connectivity index (χ2n) is 5.19. The maximum Gasteiger partial charge on any atom is 0.119 e. The number of likely N-dealkylation sites (tertiary alicyclic amines) is 1. The number of rotatable bonds is 2. The fourth-order valence-electron chi connectivity index (χ4n) is 2.95. The molecular formula is C15H22FNO. The number of hydrogen-bond donors (Lipinski definition) is 1. The molecule has 18 heavy (non-hydrogen) atoms. The monoisotopic (exact) mass is 251 g/mol. The van der Waals surface area contributed by atoms with Crippen LogP contribution in [0.4, 0.5) is 4.39 Å². The molecule has 1 N–H and O–H groups in total. The quantitative estimate of drug-likeness (QED) is 0.815. The molecule has 0 bridgehead atoms. The molecule has 0 aromatic carbocycles. The molecule has 1 saturated heterocycles. The van der Waals surface area contributed by atoms with Crippen LogP contribution >= 0.6 is 0 Å². The van der Waals surface area contributed by atoms with E-state index < -0.39 is 6.10 Å². The Morgan fingerprint density at radius 2 is 2.06 bits per heavy atom. The van der Waals surface area contributed by atoms with E-state index in [2.05, 4.69) is 11.5 Å². The molecular weight excluding hydrogens is 229 g/mol. The van der Waals surface area contributed by atoms with E-state index in [9.17, 15) is 9.50 Å². The van der Waals surface area contributed by atoms with Gasteiger partial charge in [0.15, 0.2) is 0 Å². The third-order valence-electron chi connectivity index (χ3n) is 3.90. The Labute approximate surface area is 108 Å². The van der Waals surface area contributed by atoms with Crippen LogP contribution in [0.1, 0.15) is 32.6 Å². The number of nitrogens with zero attached hydrogens (tertiary/aromatic N) is 1. The van der Waals surface area contributed by atoms with Crippen molar-refractivity contribution in [3.63, 3.8) is 0 Å². The summed E-state index contributed by atoms with van der Waals surface area (Å²) in [6.45, 7) is 7.63. The Morgan fingerprint density at radius 3 is 2.67 bits per heavy atom. The smallest absolute Gasteiger partial charge is 0.119 e. The number of halogens is 1. The van der Waals surface area contributed by atoms with Crippen molar-refractivity contribution in [2.45, 2.75) is 44.8 Å². The van der Waals surface area contributed by atoms with Gasteiger partial charge in [0.25, 0.3) is 0 Å². The summed E-state index contributed by atoms with van der Waals surface area (Å²) in [6, 6.07) is -0.0662. The van der Waals surface area contributed by atoms with Gasteiger partial charge in [-0.15, -0.1) is 0 Å². The largest absolute Gasteiger partial charge is 0.391 e. The standard InChI is InChI=1S/C15H22FNO/c1-3-12(16)10-13-11(2)9-14(18)15(13)17-7-5-4-6-8-17/h3,10,14-15,18H,2,4-9H2,1H3/b12-3+,13-10+/t14-,15-/m1/s1. The Morgan fingerprint density at radius 1 is 1.39 bits per heavy atom. The summed E-state index contributed by atoms with van der Waals surface area (Å²) in [4.78, 5) is 2.28. The predicted molar refractivity (Wildman–Crippen MR) is 71.9 cm³/mol. The second-order valence-corrected chi connectivity index (χ2v) is 5.19. The molecule has 0 aromatic heterocycles. The van der Waals surface area contributed by atoms with Crippen molar-refractivity contribution in [1.29, 1.82) is 0 Å². The lowest BCUT2D eigenvalue weighted by Crippen LogP contribution is -2.44. The van der Waals surface area contributed by atoms with E-state index in [-0.39, 0.29) is 11.9 Å². The third-order valence-corrected chi connectivity index (χ3v) is 3.90. The SMILES string of the molecule is C=C1C[C@@H](O)[C@H](N2CCCCC2)/C1=C/C(F)=C\C. The van der Waals surface area contributed by atoms with Gasteiger partial charge in [-0.3, -0.25) is 4.90 Å².